The summed E-state index contributed by atoms with van der Waals surface area (Å²) in [5.74, 6) is -0.726. The first-order chi connectivity index (χ1) is 8.24. The third-order valence-corrected chi connectivity index (χ3v) is 2.39. The summed E-state index contributed by atoms with van der Waals surface area (Å²) in [6, 6.07) is 11.2. The molecule has 2 aromatic rings. The molecule has 0 atom stereocenters. The van der Waals surface area contributed by atoms with Crippen molar-refractivity contribution in [2.45, 2.75) is 6.42 Å². The minimum absolute atomic E-state index is 0.210. The van der Waals surface area contributed by atoms with E-state index in [1.165, 1.54) is 10.6 Å². The van der Waals surface area contributed by atoms with E-state index in [1.807, 2.05) is 0 Å². The van der Waals surface area contributed by atoms with Crippen LogP contribution < -0.4 is 0 Å². The molecule has 3 nitrogen and oxygen atoms in total. The van der Waals surface area contributed by atoms with E-state index >= 15 is 0 Å². The smallest absolute Gasteiger partial charge is 0.193 e. The summed E-state index contributed by atoms with van der Waals surface area (Å²) in [6.45, 7) is 0. The average Bonchev–Trinajstić information content (AvgIpc) is 2.79. The van der Waals surface area contributed by atoms with Gasteiger partial charge in [-0.3, -0.25) is 4.79 Å². The molecule has 0 amide bonds. The van der Waals surface area contributed by atoms with Gasteiger partial charge in [-0.25, -0.2) is 4.39 Å². The van der Waals surface area contributed by atoms with Crippen molar-refractivity contribution in [2.24, 2.45) is 0 Å². The molecule has 0 aliphatic carbocycles. The highest BCUT2D eigenvalue weighted by molar-refractivity contribution is 5.96. The number of hydrogen-bond donors (Lipinski definition) is 0. The lowest BCUT2D eigenvalue weighted by atomic mass is 10.2. The molecule has 1 aromatic heterocycles. The van der Waals surface area contributed by atoms with Crippen LogP contribution in [0.15, 0.2) is 42.6 Å². The van der Waals surface area contributed by atoms with E-state index in [-0.39, 0.29) is 12.2 Å². The third-order valence-electron chi connectivity index (χ3n) is 2.39. The van der Waals surface area contributed by atoms with Gasteiger partial charge in [-0.2, -0.15) is 5.26 Å². The van der Waals surface area contributed by atoms with Gasteiger partial charge >= 0.3 is 0 Å². The SMILES string of the molecule is N#CCC(=O)c1cccn1-c1ccccc1F. The number of Topliss-reactive ketones (excluding diaryl/α,β-unsaturated/α-hetero) is 1. The summed E-state index contributed by atoms with van der Waals surface area (Å²) in [6.07, 6.45) is 1.39. The number of carbonyl (C=O) groups is 1. The molecule has 0 aliphatic heterocycles. The van der Waals surface area contributed by atoms with Crippen LogP contribution in [0.4, 0.5) is 4.39 Å². The average molecular weight is 228 g/mol. The summed E-state index contributed by atoms with van der Waals surface area (Å²) in [7, 11) is 0. The van der Waals surface area contributed by atoms with Crippen molar-refractivity contribution in [3.63, 3.8) is 0 Å². The molecule has 0 N–H and O–H groups in total. The number of nitriles is 1. The summed E-state index contributed by atoms with van der Waals surface area (Å²) < 4.78 is 15.0. The van der Waals surface area contributed by atoms with Gasteiger partial charge in [-0.1, -0.05) is 12.1 Å². The minimum atomic E-state index is -0.408. The predicted molar refractivity (Wildman–Crippen MR) is 60.3 cm³/mol. The summed E-state index contributed by atoms with van der Waals surface area (Å²) in [5.41, 5.74) is 0.621. The molecule has 0 fully saturated rings. The summed E-state index contributed by atoms with van der Waals surface area (Å²) in [4.78, 5) is 11.6. The zero-order valence-electron chi connectivity index (χ0n) is 8.93. The fourth-order valence-electron chi connectivity index (χ4n) is 1.63. The first kappa shape index (κ1) is 11.1. The molecular formula is C13H9FN2O. The van der Waals surface area contributed by atoms with Crippen molar-refractivity contribution in [3.05, 3.63) is 54.1 Å². The van der Waals surface area contributed by atoms with Crippen LogP contribution >= 0.6 is 0 Å². The number of hydrogen-bond acceptors (Lipinski definition) is 2. The van der Waals surface area contributed by atoms with Crippen LogP contribution in [0.2, 0.25) is 0 Å². The number of halogens is 1. The Balaban J connectivity index is 2.48. The molecule has 0 saturated heterocycles. The Morgan fingerprint density at radius 1 is 1.29 bits per heavy atom. The normalized spacial score (nSPS) is 9.88. The van der Waals surface area contributed by atoms with Crippen LogP contribution in [0.1, 0.15) is 16.9 Å². The summed E-state index contributed by atoms with van der Waals surface area (Å²) in [5, 5.41) is 8.50. The highest BCUT2D eigenvalue weighted by Crippen LogP contribution is 2.17. The third kappa shape index (κ3) is 2.08. The number of benzene rings is 1. The van der Waals surface area contributed by atoms with Crippen LogP contribution in [0, 0.1) is 17.1 Å². The van der Waals surface area contributed by atoms with Gasteiger partial charge in [0.05, 0.1) is 17.5 Å². The van der Waals surface area contributed by atoms with Gasteiger partial charge in [-0.05, 0) is 24.3 Å². The van der Waals surface area contributed by atoms with Crippen LogP contribution in [0.25, 0.3) is 5.69 Å². The van der Waals surface area contributed by atoms with Crippen LogP contribution in [-0.4, -0.2) is 10.4 Å². The second-order valence-electron chi connectivity index (χ2n) is 3.47. The maximum absolute atomic E-state index is 13.6. The van der Waals surface area contributed by atoms with Crippen molar-refractivity contribution in [3.8, 4) is 11.8 Å². The van der Waals surface area contributed by atoms with Crippen LogP contribution in [0.3, 0.4) is 0 Å². The first-order valence-electron chi connectivity index (χ1n) is 5.06. The van der Waals surface area contributed by atoms with E-state index in [4.69, 9.17) is 5.26 Å². The van der Waals surface area contributed by atoms with Crippen LogP contribution in [-0.2, 0) is 0 Å². The molecule has 0 aliphatic rings. The van der Waals surface area contributed by atoms with Gasteiger partial charge in [0.15, 0.2) is 5.78 Å². The molecule has 84 valence electrons. The molecule has 17 heavy (non-hydrogen) atoms. The molecule has 2 rings (SSSR count). The van der Waals surface area contributed by atoms with E-state index in [9.17, 15) is 9.18 Å². The molecule has 4 heteroatoms. The Kier molecular flexibility index (Phi) is 3.01. The Bertz CT molecular complexity index is 595. The molecule has 0 spiro atoms. The lowest BCUT2D eigenvalue weighted by Crippen LogP contribution is -2.07. The van der Waals surface area contributed by atoms with Gasteiger partial charge in [0.2, 0.25) is 0 Å². The van der Waals surface area contributed by atoms with Gasteiger partial charge in [-0.15, -0.1) is 0 Å². The number of para-hydroxylation sites is 1. The quantitative estimate of drug-likeness (QED) is 0.758. The first-order valence-corrected chi connectivity index (χ1v) is 5.06. The predicted octanol–water partition coefficient (Wildman–Crippen LogP) is 2.71. The maximum Gasteiger partial charge on any atom is 0.193 e. The number of nitrogens with zero attached hydrogens (tertiary/aromatic N) is 2. The monoisotopic (exact) mass is 228 g/mol. The molecule has 0 saturated carbocycles. The number of carbonyl (C=O) groups excluding carboxylic acids is 1. The molecular weight excluding hydrogens is 219 g/mol. The molecule has 0 radical (unpaired) electrons. The fourth-order valence-corrected chi connectivity index (χ4v) is 1.63. The second-order valence-corrected chi connectivity index (χ2v) is 3.47. The van der Waals surface area contributed by atoms with Crippen molar-refractivity contribution in [1.29, 1.82) is 5.26 Å². The molecule has 1 aromatic carbocycles. The van der Waals surface area contributed by atoms with Gasteiger partial charge in [0.1, 0.15) is 12.2 Å². The van der Waals surface area contributed by atoms with Gasteiger partial charge < -0.3 is 4.57 Å². The summed E-state index contributed by atoms with van der Waals surface area (Å²) >= 11 is 0. The Labute approximate surface area is 97.7 Å². The zero-order chi connectivity index (χ0) is 12.3. The van der Waals surface area contributed by atoms with Crippen molar-refractivity contribution in [1.82, 2.24) is 4.57 Å². The van der Waals surface area contributed by atoms with Gasteiger partial charge in [0, 0.05) is 6.20 Å². The fraction of sp³-hybridized carbons (Fsp3) is 0.0769. The molecule has 0 bridgehead atoms. The van der Waals surface area contributed by atoms with Crippen molar-refractivity contribution >= 4 is 5.78 Å². The van der Waals surface area contributed by atoms with E-state index in [0.29, 0.717) is 11.4 Å². The Hall–Kier alpha value is -2.41. The highest BCUT2D eigenvalue weighted by atomic mass is 19.1. The largest absolute Gasteiger partial charge is 0.311 e. The lowest BCUT2D eigenvalue weighted by Gasteiger charge is -2.08. The van der Waals surface area contributed by atoms with E-state index in [2.05, 4.69) is 0 Å². The van der Waals surface area contributed by atoms with Gasteiger partial charge in [0.25, 0.3) is 0 Å². The topological polar surface area (TPSA) is 45.8 Å². The Morgan fingerprint density at radius 3 is 2.76 bits per heavy atom. The minimum Gasteiger partial charge on any atom is -0.311 e. The second kappa shape index (κ2) is 4.62. The van der Waals surface area contributed by atoms with E-state index < -0.39 is 5.82 Å². The number of ketones is 1. The Morgan fingerprint density at radius 2 is 2.06 bits per heavy atom. The van der Waals surface area contributed by atoms with Crippen LogP contribution in [0.5, 0.6) is 0 Å². The van der Waals surface area contributed by atoms with E-state index in [0.717, 1.165) is 0 Å². The number of rotatable bonds is 3. The zero-order valence-corrected chi connectivity index (χ0v) is 8.93. The maximum atomic E-state index is 13.6. The molecule has 0 unspecified atom stereocenters. The van der Waals surface area contributed by atoms with E-state index in [1.54, 1.807) is 42.6 Å². The number of aromatic nitrogens is 1. The molecule has 1 heterocycles. The lowest BCUT2D eigenvalue weighted by molar-refractivity contribution is 0.0991. The van der Waals surface area contributed by atoms with Crippen molar-refractivity contribution < 1.29 is 9.18 Å². The highest BCUT2D eigenvalue weighted by Gasteiger charge is 2.13. The van der Waals surface area contributed by atoms with Crippen molar-refractivity contribution in [2.75, 3.05) is 0 Å². The standard InChI is InChI=1S/C13H9FN2O/c14-10-4-1-2-5-11(10)16-9-3-6-12(16)13(17)7-8-15/h1-6,9H,7H2.